The predicted molar refractivity (Wildman–Crippen MR) is 168 cm³/mol. The van der Waals surface area contributed by atoms with Gasteiger partial charge in [-0.3, -0.25) is 9.59 Å². The van der Waals surface area contributed by atoms with Gasteiger partial charge in [-0.1, -0.05) is 36.4 Å². The number of anilines is 1. The molecule has 2 aromatic rings. The Labute approximate surface area is 264 Å². The second-order valence-corrected chi connectivity index (χ2v) is 13.9. The zero-order chi connectivity index (χ0) is 31.7. The zero-order valence-electron chi connectivity index (χ0n) is 26.3. The summed E-state index contributed by atoms with van der Waals surface area (Å²) in [5, 5.41) is 8.74. The van der Waals surface area contributed by atoms with Gasteiger partial charge in [0.25, 0.3) is 0 Å². The first-order chi connectivity index (χ1) is 21.6. The van der Waals surface area contributed by atoms with Crippen molar-refractivity contribution in [3.8, 4) is 0 Å². The first-order valence-corrected chi connectivity index (χ1v) is 16.3. The number of amides is 4. The van der Waals surface area contributed by atoms with Crippen LogP contribution in [0.25, 0.3) is 0 Å². The van der Waals surface area contributed by atoms with Crippen LogP contribution in [0.4, 0.5) is 15.3 Å². The van der Waals surface area contributed by atoms with Crippen LogP contribution in [0.3, 0.4) is 0 Å². The molecule has 3 atom stereocenters. The Balaban J connectivity index is 1.10. The van der Waals surface area contributed by atoms with Gasteiger partial charge in [-0.25, -0.2) is 9.59 Å². The van der Waals surface area contributed by atoms with Crippen LogP contribution in [0.5, 0.6) is 0 Å². The summed E-state index contributed by atoms with van der Waals surface area (Å²) < 4.78 is 10.8. The van der Waals surface area contributed by atoms with E-state index in [4.69, 9.17) is 9.47 Å². The van der Waals surface area contributed by atoms with E-state index in [1.165, 1.54) is 0 Å². The van der Waals surface area contributed by atoms with Crippen molar-refractivity contribution in [3.05, 3.63) is 65.2 Å². The van der Waals surface area contributed by atoms with Gasteiger partial charge < -0.3 is 30.3 Å². The number of aryl methyl sites for hydroxylation is 1. The molecule has 2 aromatic carbocycles. The molecule has 4 amide bonds. The molecule has 10 nitrogen and oxygen atoms in total. The average Bonchev–Trinajstić information content (AvgIpc) is 3.93. The van der Waals surface area contributed by atoms with Crippen LogP contribution in [-0.4, -0.2) is 53.1 Å². The van der Waals surface area contributed by atoms with Crippen molar-refractivity contribution in [2.75, 3.05) is 11.9 Å². The minimum Gasteiger partial charge on any atom is -0.445 e. The fraction of sp³-hybridized carbons (Fsp3) is 0.543. The van der Waals surface area contributed by atoms with E-state index in [0.29, 0.717) is 30.5 Å². The normalized spacial score (nSPS) is 21.7. The van der Waals surface area contributed by atoms with E-state index in [1.807, 2.05) is 53.4 Å². The van der Waals surface area contributed by atoms with Gasteiger partial charge in [0, 0.05) is 12.2 Å². The van der Waals surface area contributed by atoms with Gasteiger partial charge in [0.05, 0.1) is 6.04 Å². The van der Waals surface area contributed by atoms with Crippen molar-refractivity contribution in [1.29, 1.82) is 0 Å². The molecule has 0 aromatic heterocycles. The number of fused-ring (bicyclic) bond motifs is 1. The third-order valence-electron chi connectivity index (χ3n) is 9.25. The van der Waals surface area contributed by atoms with Gasteiger partial charge >= 0.3 is 12.2 Å². The highest BCUT2D eigenvalue weighted by Crippen LogP contribution is 2.51. The van der Waals surface area contributed by atoms with Crippen molar-refractivity contribution < 1.29 is 28.7 Å². The third kappa shape index (κ3) is 7.60. The van der Waals surface area contributed by atoms with Crippen LogP contribution < -0.4 is 16.0 Å². The van der Waals surface area contributed by atoms with Crippen molar-refractivity contribution in [3.63, 3.8) is 0 Å². The van der Waals surface area contributed by atoms with Crippen LogP contribution in [0, 0.1) is 17.8 Å². The fourth-order valence-corrected chi connectivity index (χ4v) is 6.93. The molecule has 0 radical (unpaired) electrons. The fourth-order valence-electron chi connectivity index (χ4n) is 6.93. The number of nitrogens with one attached hydrogen (secondary N) is 3. The van der Waals surface area contributed by atoms with Gasteiger partial charge in [-0.05, 0) is 112 Å². The minimum absolute atomic E-state index is 0.0781. The molecule has 4 aliphatic rings. The number of carbonyl (C=O) groups is 4. The summed E-state index contributed by atoms with van der Waals surface area (Å²) in [6, 6.07) is 14.0. The molecule has 1 heterocycles. The van der Waals surface area contributed by atoms with E-state index in [2.05, 4.69) is 16.0 Å². The molecule has 3 aliphatic carbocycles. The summed E-state index contributed by atoms with van der Waals surface area (Å²) in [6.45, 7) is 6.06. The maximum Gasteiger partial charge on any atom is 0.408 e. The summed E-state index contributed by atoms with van der Waals surface area (Å²) in [5.74, 6) is 0.646. The molecule has 0 spiro atoms. The number of ether oxygens (including phenoxy) is 2. The standard InChI is InChI=1S/C35H44N4O6/c1-35(2,3)45-34(43)37-27-17-18-39(32(27)41)28-16-13-24-19-25(14-15-26(24)28)36-31(40)30(29(22-9-10-22)23-11-12-23)38-33(42)44-20-21-7-5-4-6-8-21/h4-8,14-15,19,22-23,27-30H,9-13,16-18,20H2,1-3H3,(H,36,40)(H,37,43)(H,38,42)/t27-,28+,30-/m0/s1. The van der Waals surface area contributed by atoms with Crippen LogP contribution in [0.1, 0.15) is 82.0 Å². The van der Waals surface area contributed by atoms with Crippen LogP contribution in [0.2, 0.25) is 0 Å². The summed E-state index contributed by atoms with van der Waals surface area (Å²) >= 11 is 0. The van der Waals surface area contributed by atoms with Gasteiger partial charge in [-0.15, -0.1) is 0 Å². The number of benzene rings is 2. The number of carbonyl (C=O) groups excluding carboxylic acids is 4. The number of hydrogen-bond donors (Lipinski definition) is 3. The summed E-state index contributed by atoms with van der Waals surface area (Å²) in [6.07, 6.45) is 5.23. The van der Waals surface area contributed by atoms with E-state index < -0.39 is 29.9 Å². The highest BCUT2D eigenvalue weighted by atomic mass is 16.6. The van der Waals surface area contributed by atoms with Crippen LogP contribution >= 0.6 is 0 Å². The molecule has 3 fully saturated rings. The maximum atomic E-state index is 13.8. The molecule has 0 unspecified atom stereocenters. The topological polar surface area (TPSA) is 126 Å². The molecular weight excluding hydrogens is 572 g/mol. The molecule has 240 valence electrons. The van der Waals surface area contributed by atoms with E-state index in [-0.39, 0.29) is 30.4 Å². The lowest BCUT2D eigenvalue weighted by molar-refractivity contribution is -0.131. The van der Waals surface area contributed by atoms with E-state index >= 15 is 0 Å². The molecule has 2 saturated carbocycles. The Hall–Kier alpha value is -4.08. The van der Waals surface area contributed by atoms with Crippen LogP contribution in [0.15, 0.2) is 48.5 Å². The first-order valence-electron chi connectivity index (χ1n) is 16.3. The van der Waals surface area contributed by atoms with E-state index in [0.717, 1.165) is 55.2 Å². The lowest BCUT2D eigenvalue weighted by Crippen LogP contribution is -2.50. The number of alkyl carbamates (subject to hydrolysis) is 2. The smallest absolute Gasteiger partial charge is 0.408 e. The number of nitrogens with zero attached hydrogens (tertiary/aromatic N) is 1. The Kier molecular flexibility index (Phi) is 8.75. The van der Waals surface area contributed by atoms with Crippen molar-refractivity contribution in [2.24, 2.45) is 17.8 Å². The van der Waals surface area contributed by atoms with Crippen molar-refractivity contribution in [2.45, 2.75) is 96.1 Å². The van der Waals surface area contributed by atoms with Gasteiger partial charge in [-0.2, -0.15) is 0 Å². The Bertz CT molecular complexity index is 1420. The first kappa shape index (κ1) is 30.9. The predicted octanol–water partition coefficient (Wildman–Crippen LogP) is 5.47. The number of rotatable bonds is 10. The van der Waals surface area contributed by atoms with Gasteiger partial charge in [0.2, 0.25) is 11.8 Å². The Morgan fingerprint density at radius 2 is 1.64 bits per heavy atom. The second-order valence-electron chi connectivity index (χ2n) is 13.9. The minimum atomic E-state index is -0.675. The highest BCUT2D eigenvalue weighted by Gasteiger charge is 2.48. The molecular formula is C35H44N4O6. The summed E-state index contributed by atoms with van der Waals surface area (Å²) in [5.41, 5.74) is 3.07. The highest BCUT2D eigenvalue weighted by molar-refractivity contribution is 5.97. The van der Waals surface area contributed by atoms with Crippen molar-refractivity contribution >= 4 is 29.7 Å². The summed E-state index contributed by atoms with van der Waals surface area (Å²) in [7, 11) is 0. The largest absolute Gasteiger partial charge is 0.445 e. The molecule has 45 heavy (non-hydrogen) atoms. The third-order valence-corrected chi connectivity index (χ3v) is 9.25. The molecule has 1 aliphatic heterocycles. The monoisotopic (exact) mass is 616 g/mol. The van der Waals surface area contributed by atoms with Crippen LogP contribution in [-0.2, 0) is 32.1 Å². The maximum absolute atomic E-state index is 13.8. The lowest BCUT2D eigenvalue weighted by atomic mass is 9.88. The average molecular weight is 617 g/mol. The molecule has 1 saturated heterocycles. The van der Waals surface area contributed by atoms with Gasteiger partial charge in [0.15, 0.2) is 0 Å². The second kappa shape index (κ2) is 12.7. The Morgan fingerprint density at radius 1 is 0.933 bits per heavy atom. The molecule has 10 heteroatoms. The lowest BCUT2D eigenvalue weighted by Gasteiger charge is -2.27. The van der Waals surface area contributed by atoms with E-state index in [1.54, 1.807) is 20.8 Å². The van der Waals surface area contributed by atoms with Gasteiger partial charge in [0.1, 0.15) is 24.3 Å². The number of hydrogen-bond acceptors (Lipinski definition) is 6. The summed E-state index contributed by atoms with van der Waals surface area (Å²) in [4.78, 5) is 54.0. The molecule has 3 N–H and O–H groups in total. The number of likely N-dealkylation sites (tertiary alicyclic amines) is 1. The Morgan fingerprint density at radius 3 is 2.31 bits per heavy atom. The SMILES string of the molecule is CC(C)(C)OC(=O)N[C@H]1CCN([C@@H]2CCc3cc(NC(=O)[C@@H](NC(=O)OCc4ccccc4)C(C4CC4)C4CC4)ccc32)C1=O. The van der Waals surface area contributed by atoms with Crippen molar-refractivity contribution in [1.82, 2.24) is 15.5 Å². The van der Waals surface area contributed by atoms with E-state index in [9.17, 15) is 19.2 Å². The molecule has 0 bridgehead atoms. The zero-order valence-corrected chi connectivity index (χ0v) is 26.3. The quantitative estimate of drug-likeness (QED) is 0.325. The molecule has 6 rings (SSSR count).